The van der Waals surface area contributed by atoms with Gasteiger partial charge in [0.1, 0.15) is 0 Å². The molecule has 0 aromatic heterocycles. The third-order valence-corrected chi connectivity index (χ3v) is 9.71. The van der Waals surface area contributed by atoms with Crippen molar-refractivity contribution in [3.05, 3.63) is 11.8 Å². The molecule has 29 heavy (non-hydrogen) atoms. The number of carbonyl (C=O) groups excluding carboxylic acids is 1. The minimum Gasteiger partial charge on any atom is -0.404 e. The zero-order valence-electron chi connectivity index (χ0n) is 18.9. The van der Waals surface area contributed by atoms with Gasteiger partial charge in [0, 0.05) is 12.6 Å². The molecule has 2 N–H and O–H groups in total. The number of hydrogen-bond donors (Lipinski definition) is 1. The van der Waals surface area contributed by atoms with Crippen LogP contribution in [0.2, 0.25) is 0 Å². The maximum atomic E-state index is 12.6. The van der Waals surface area contributed by atoms with Crippen molar-refractivity contribution in [2.75, 3.05) is 6.54 Å². The molecular formula is C26H42N2O. The lowest BCUT2D eigenvalue weighted by molar-refractivity contribution is -0.120. The standard InChI is InChI=1S/C26H42N2O/c1-17-4-7-22-19(12-17)5-8-24-23(22)10-11-26(3)20(6-9-25(24)26)13-21(29)16-28-15-18(2)14-27/h14-15,17,19-20,22-25H,4-13,16,27H2,1-3H3/b18-14-,28-15?. The van der Waals surface area contributed by atoms with Crippen LogP contribution in [-0.2, 0) is 4.79 Å². The van der Waals surface area contributed by atoms with E-state index in [2.05, 4.69) is 18.8 Å². The topological polar surface area (TPSA) is 55.5 Å². The van der Waals surface area contributed by atoms with Gasteiger partial charge >= 0.3 is 0 Å². The quantitative estimate of drug-likeness (QED) is 0.596. The first-order chi connectivity index (χ1) is 13.9. The second-order valence-corrected chi connectivity index (χ2v) is 11.3. The molecule has 3 heteroatoms. The number of fused-ring (bicyclic) bond motifs is 5. The average molecular weight is 399 g/mol. The summed E-state index contributed by atoms with van der Waals surface area (Å²) in [5.74, 6) is 6.68. The summed E-state index contributed by atoms with van der Waals surface area (Å²) in [6.07, 6.45) is 16.8. The summed E-state index contributed by atoms with van der Waals surface area (Å²) in [6.45, 7) is 7.24. The number of rotatable bonds is 5. The fourth-order valence-corrected chi connectivity index (χ4v) is 8.21. The molecule has 0 aliphatic heterocycles. The first-order valence-corrected chi connectivity index (χ1v) is 12.3. The summed E-state index contributed by atoms with van der Waals surface area (Å²) < 4.78 is 0. The van der Waals surface area contributed by atoms with Crippen LogP contribution in [0, 0.1) is 46.8 Å². The molecule has 0 radical (unpaired) electrons. The van der Waals surface area contributed by atoms with E-state index in [0.29, 0.717) is 23.7 Å². The van der Waals surface area contributed by atoms with Crippen molar-refractivity contribution in [2.45, 2.75) is 85.0 Å². The van der Waals surface area contributed by atoms with Gasteiger partial charge < -0.3 is 5.73 Å². The van der Waals surface area contributed by atoms with Crippen molar-refractivity contribution in [3.8, 4) is 0 Å². The van der Waals surface area contributed by atoms with Gasteiger partial charge in [-0.1, -0.05) is 20.3 Å². The molecule has 4 saturated carbocycles. The van der Waals surface area contributed by atoms with Crippen molar-refractivity contribution >= 4 is 12.0 Å². The van der Waals surface area contributed by atoms with Crippen LogP contribution < -0.4 is 5.73 Å². The Balaban J connectivity index is 1.39. The highest BCUT2D eigenvalue weighted by Gasteiger charge is 2.56. The summed E-state index contributed by atoms with van der Waals surface area (Å²) >= 11 is 0. The zero-order chi connectivity index (χ0) is 20.6. The van der Waals surface area contributed by atoms with E-state index in [1.165, 1.54) is 64.0 Å². The Bertz CT molecular complexity index is 668. The van der Waals surface area contributed by atoms with E-state index in [4.69, 9.17) is 5.73 Å². The zero-order valence-corrected chi connectivity index (χ0v) is 18.9. The fraction of sp³-hybridized carbons (Fsp3) is 0.846. The predicted molar refractivity (Wildman–Crippen MR) is 121 cm³/mol. The molecule has 4 aliphatic rings. The molecule has 0 aromatic rings. The van der Waals surface area contributed by atoms with Crippen molar-refractivity contribution in [2.24, 2.45) is 57.6 Å². The third-order valence-electron chi connectivity index (χ3n) is 9.71. The average Bonchev–Trinajstić information content (AvgIpc) is 3.03. The summed E-state index contributed by atoms with van der Waals surface area (Å²) in [5.41, 5.74) is 6.78. The summed E-state index contributed by atoms with van der Waals surface area (Å²) in [5, 5.41) is 0. The lowest BCUT2D eigenvalue weighted by Crippen LogP contribution is -2.48. The van der Waals surface area contributed by atoms with E-state index >= 15 is 0 Å². The summed E-state index contributed by atoms with van der Waals surface area (Å²) in [6, 6.07) is 0. The number of allylic oxidation sites excluding steroid dienone is 1. The van der Waals surface area contributed by atoms with Crippen LogP contribution in [0.15, 0.2) is 16.8 Å². The van der Waals surface area contributed by atoms with Gasteiger partial charge in [0.2, 0.25) is 0 Å². The Morgan fingerprint density at radius 2 is 1.86 bits per heavy atom. The van der Waals surface area contributed by atoms with Crippen molar-refractivity contribution in [1.29, 1.82) is 0 Å². The number of aliphatic imine (C=N–C) groups is 1. The highest BCUT2D eigenvalue weighted by molar-refractivity contribution is 5.84. The molecule has 0 amide bonds. The number of ketones is 1. The van der Waals surface area contributed by atoms with Gasteiger partial charge in [-0.2, -0.15) is 0 Å². The minimum atomic E-state index is 0.310. The Kier molecular flexibility index (Phi) is 6.23. The minimum absolute atomic E-state index is 0.310. The second kappa shape index (κ2) is 8.55. The van der Waals surface area contributed by atoms with Crippen LogP contribution in [0.1, 0.15) is 85.0 Å². The monoisotopic (exact) mass is 398 g/mol. The maximum Gasteiger partial charge on any atom is 0.154 e. The van der Waals surface area contributed by atoms with Crippen LogP contribution >= 0.6 is 0 Å². The number of nitrogens with two attached hydrogens (primary N) is 1. The van der Waals surface area contributed by atoms with E-state index in [9.17, 15) is 4.79 Å². The van der Waals surface area contributed by atoms with Gasteiger partial charge in [0.05, 0.1) is 6.54 Å². The van der Waals surface area contributed by atoms with Crippen LogP contribution in [-0.4, -0.2) is 18.5 Å². The lowest BCUT2D eigenvalue weighted by atomic mass is 9.49. The number of hydrogen-bond acceptors (Lipinski definition) is 3. The number of Topliss-reactive ketones (excluding diaryl/α,β-unsaturated/α-hetero) is 1. The number of carbonyl (C=O) groups is 1. The van der Waals surface area contributed by atoms with E-state index in [1.807, 2.05) is 6.92 Å². The molecule has 8 atom stereocenters. The fourth-order valence-electron chi connectivity index (χ4n) is 8.21. The smallest absolute Gasteiger partial charge is 0.154 e. The number of nitrogens with zero attached hydrogens (tertiary/aromatic N) is 1. The predicted octanol–water partition coefficient (Wildman–Crippen LogP) is 5.78. The van der Waals surface area contributed by atoms with Crippen molar-refractivity contribution in [3.63, 3.8) is 0 Å². The first kappa shape index (κ1) is 21.1. The molecule has 3 nitrogen and oxygen atoms in total. The van der Waals surface area contributed by atoms with Gasteiger partial charge in [-0.05, 0) is 117 Å². The van der Waals surface area contributed by atoms with Gasteiger partial charge in [-0.15, -0.1) is 0 Å². The van der Waals surface area contributed by atoms with Crippen LogP contribution in [0.5, 0.6) is 0 Å². The van der Waals surface area contributed by atoms with Crippen molar-refractivity contribution in [1.82, 2.24) is 0 Å². The molecule has 0 aromatic carbocycles. The highest BCUT2D eigenvalue weighted by Crippen LogP contribution is 2.64. The van der Waals surface area contributed by atoms with E-state index in [0.717, 1.165) is 47.5 Å². The normalized spacial score (nSPS) is 44.9. The van der Waals surface area contributed by atoms with Crippen LogP contribution in [0.4, 0.5) is 0 Å². The lowest BCUT2D eigenvalue weighted by Gasteiger charge is -2.56. The summed E-state index contributed by atoms with van der Waals surface area (Å²) in [7, 11) is 0. The molecule has 162 valence electrons. The van der Waals surface area contributed by atoms with E-state index < -0.39 is 0 Å². The molecule has 0 saturated heterocycles. The molecule has 0 heterocycles. The summed E-state index contributed by atoms with van der Waals surface area (Å²) in [4.78, 5) is 16.9. The van der Waals surface area contributed by atoms with E-state index in [-0.39, 0.29) is 0 Å². The third kappa shape index (κ3) is 4.08. The molecule has 0 bridgehead atoms. The van der Waals surface area contributed by atoms with Gasteiger partial charge in [-0.25, -0.2) is 0 Å². The Hall–Kier alpha value is -1.12. The highest BCUT2D eigenvalue weighted by atomic mass is 16.1. The molecule has 4 rings (SSSR count). The first-order valence-electron chi connectivity index (χ1n) is 12.3. The van der Waals surface area contributed by atoms with Crippen molar-refractivity contribution < 1.29 is 4.79 Å². The Labute approximate surface area is 178 Å². The maximum absolute atomic E-state index is 12.6. The largest absolute Gasteiger partial charge is 0.404 e. The second-order valence-electron chi connectivity index (χ2n) is 11.3. The molecule has 0 spiro atoms. The molecular weight excluding hydrogens is 356 g/mol. The molecule has 4 aliphatic carbocycles. The molecule has 8 unspecified atom stereocenters. The molecule has 4 fully saturated rings. The van der Waals surface area contributed by atoms with Crippen LogP contribution in [0.3, 0.4) is 0 Å². The Morgan fingerprint density at radius 1 is 1.07 bits per heavy atom. The van der Waals surface area contributed by atoms with E-state index in [1.54, 1.807) is 6.21 Å². The van der Waals surface area contributed by atoms with Gasteiger partial charge in [0.25, 0.3) is 0 Å². The SMILES string of the molecule is C/C(C=NCC(=O)CC1CCC2C3CCC4CC(C)CCC4C3CCC12C)=C/N. The van der Waals surface area contributed by atoms with Gasteiger partial charge in [0.15, 0.2) is 5.78 Å². The van der Waals surface area contributed by atoms with Crippen LogP contribution in [0.25, 0.3) is 0 Å². The van der Waals surface area contributed by atoms with Gasteiger partial charge in [-0.3, -0.25) is 9.79 Å². The Morgan fingerprint density at radius 3 is 2.66 bits per heavy atom.